The van der Waals surface area contributed by atoms with E-state index < -0.39 is 6.16 Å². The van der Waals surface area contributed by atoms with Gasteiger partial charge in [0.15, 0.2) is 0 Å². The van der Waals surface area contributed by atoms with Crippen molar-refractivity contribution in [3.8, 4) is 5.75 Å². The van der Waals surface area contributed by atoms with Crippen LogP contribution in [0.3, 0.4) is 0 Å². The van der Waals surface area contributed by atoms with Crippen LogP contribution in [0.1, 0.15) is 90.0 Å². The Bertz CT molecular complexity index is 456. The van der Waals surface area contributed by atoms with Gasteiger partial charge in [0.2, 0.25) is 0 Å². The average Bonchev–Trinajstić information content (AvgIpc) is 2.62. The molecule has 1 aromatic rings. The highest BCUT2D eigenvalue weighted by atomic mass is 16.7. The summed E-state index contributed by atoms with van der Waals surface area (Å²) in [5, 5.41) is 0. The molecular weight excluding hydrogens is 312 g/mol. The Morgan fingerprint density at radius 1 is 0.800 bits per heavy atom. The molecule has 0 radical (unpaired) electrons. The highest BCUT2D eigenvalue weighted by molar-refractivity contribution is 5.64. The summed E-state index contributed by atoms with van der Waals surface area (Å²) in [6.07, 6.45) is 13.7. The molecule has 0 atom stereocenters. The first kappa shape index (κ1) is 21.5. The lowest BCUT2D eigenvalue weighted by Gasteiger charge is -2.10. The van der Waals surface area contributed by atoms with Crippen molar-refractivity contribution < 1.29 is 14.3 Å². The molecule has 0 fully saturated rings. The lowest BCUT2D eigenvalue weighted by molar-refractivity contribution is 0.0970. The molecule has 3 heteroatoms. The molecule has 3 nitrogen and oxygen atoms in total. The quantitative estimate of drug-likeness (QED) is 0.205. The van der Waals surface area contributed by atoms with Crippen molar-refractivity contribution in [2.45, 2.75) is 90.9 Å². The minimum absolute atomic E-state index is 0.443. The first-order chi connectivity index (χ1) is 12.3. The summed E-state index contributed by atoms with van der Waals surface area (Å²) in [7, 11) is 0. The predicted molar refractivity (Wildman–Crippen MR) is 104 cm³/mol. The van der Waals surface area contributed by atoms with Crippen LogP contribution in [-0.4, -0.2) is 12.8 Å². The van der Waals surface area contributed by atoms with E-state index in [0.717, 1.165) is 31.2 Å². The third-order valence-electron chi connectivity index (χ3n) is 4.43. The first-order valence-electron chi connectivity index (χ1n) is 10.2. The minimum atomic E-state index is -0.580. The van der Waals surface area contributed by atoms with E-state index in [9.17, 15) is 4.79 Å². The van der Waals surface area contributed by atoms with Gasteiger partial charge in [-0.1, -0.05) is 89.8 Å². The smallest absolute Gasteiger partial charge is 0.434 e. The van der Waals surface area contributed by atoms with Gasteiger partial charge in [-0.2, -0.15) is 0 Å². The van der Waals surface area contributed by atoms with Crippen LogP contribution in [0.5, 0.6) is 5.75 Å². The van der Waals surface area contributed by atoms with Gasteiger partial charge in [-0.3, -0.25) is 0 Å². The topological polar surface area (TPSA) is 35.5 Å². The van der Waals surface area contributed by atoms with Crippen LogP contribution < -0.4 is 4.74 Å². The normalized spacial score (nSPS) is 10.6. The van der Waals surface area contributed by atoms with Crippen molar-refractivity contribution in [3.05, 3.63) is 29.8 Å². The fourth-order valence-electron chi connectivity index (χ4n) is 2.89. The molecule has 25 heavy (non-hydrogen) atoms. The molecule has 0 aliphatic heterocycles. The van der Waals surface area contributed by atoms with Crippen molar-refractivity contribution in [1.82, 2.24) is 0 Å². The standard InChI is InChI=1S/C22H36O3/c1-3-5-7-9-10-11-12-16-20-17-13-14-18-21(20)25-22(23)24-19-15-8-6-4-2/h13-14,17-18H,3-12,15-16,19H2,1-2H3. The lowest BCUT2D eigenvalue weighted by atomic mass is 10.0. The van der Waals surface area contributed by atoms with Gasteiger partial charge >= 0.3 is 6.16 Å². The Morgan fingerprint density at radius 2 is 1.40 bits per heavy atom. The van der Waals surface area contributed by atoms with Crippen molar-refractivity contribution >= 4 is 6.16 Å². The largest absolute Gasteiger partial charge is 0.513 e. The number of rotatable bonds is 14. The monoisotopic (exact) mass is 348 g/mol. The highest BCUT2D eigenvalue weighted by Gasteiger charge is 2.09. The van der Waals surface area contributed by atoms with E-state index >= 15 is 0 Å². The lowest BCUT2D eigenvalue weighted by Crippen LogP contribution is -2.12. The van der Waals surface area contributed by atoms with Crippen molar-refractivity contribution in [2.75, 3.05) is 6.61 Å². The van der Waals surface area contributed by atoms with Crippen LogP contribution in [0.15, 0.2) is 24.3 Å². The van der Waals surface area contributed by atoms with E-state index in [2.05, 4.69) is 13.8 Å². The van der Waals surface area contributed by atoms with Gasteiger partial charge in [0.25, 0.3) is 0 Å². The Morgan fingerprint density at radius 3 is 2.12 bits per heavy atom. The van der Waals surface area contributed by atoms with Crippen molar-refractivity contribution in [3.63, 3.8) is 0 Å². The summed E-state index contributed by atoms with van der Waals surface area (Å²) in [5.41, 5.74) is 1.10. The Balaban J connectivity index is 2.27. The number of ether oxygens (including phenoxy) is 2. The zero-order chi connectivity index (χ0) is 18.2. The summed E-state index contributed by atoms with van der Waals surface area (Å²) in [4.78, 5) is 11.8. The second kappa shape index (κ2) is 14.8. The predicted octanol–water partition coefficient (Wildman–Crippen LogP) is 7.08. The molecule has 142 valence electrons. The number of unbranched alkanes of at least 4 members (excludes halogenated alkanes) is 9. The van der Waals surface area contributed by atoms with Crippen LogP contribution in [-0.2, 0) is 11.2 Å². The summed E-state index contributed by atoms with van der Waals surface area (Å²) in [5.74, 6) is 0.645. The van der Waals surface area contributed by atoms with Crippen LogP contribution in [0.2, 0.25) is 0 Å². The van der Waals surface area contributed by atoms with Crippen LogP contribution in [0, 0.1) is 0 Å². The number of aryl methyl sites for hydroxylation is 1. The number of hydrogen-bond acceptors (Lipinski definition) is 3. The van der Waals surface area contributed by atoms with Crippen molar-refractivity contribution in [2.24, 2.45) is 0 Å². The first-order valence-corrected chi connectivity index (χ1v) is 10.2. The Hall–Kier alpha value is -1.51. The van der Waals surface area contributed by atoms with E-state index in [1.807, 2.05) is 24.3 Å². The molecule has 0 spiro atoms. The molecule has 0 unspecified atom stereocenters. The summed E-state index contributed by atoms with van der Waals surface area (Å²) < 4.78 is 10.6. The summed E-state index contributed by atoms with van der Waals surface area (Å²) >= 11 is 0. The van der Waals surface area contributed by atoms with Gasteiger partial charge in [-0.25, -0.2) is 4.79 Å². The Kier molecular flexibility index (Phi) is 12.7. The van der Waals surface area contributed by atoms with Crippen LogP contribution in [0.4, 0.5) is 4.79 Å². The number of carbonyl (C=O) groups excluding carboxylic acids is 1. The van der Waals surface area contributed by atoms with E-state index in [1.54, 1.807) is 0 Å². The number of benzene rings is 1. The van der Waals surface area contributed by atoms with Crippen molar-refractivity contribution in [1.29, 1.82) is 0 Å². The maximum atomic E-state index is 11.8. The minimum Gasteiger partial charge on any atom is -0.434 e. The summed E-state index contributed by atoms with van der Waals surface area (Å²) in [6, 6.07) is 7.80. The third kappa shape index (κ3) is 10.9. The fourth-order valence-corrected chi connectivity index (χ4v) is 2.89. The average molecular weight is 349 g/mol. The van der Waals surface area contributed by atoms with Crippen LogP contribution in [0.25, 0.3) is 0 Å². The summed E-state index contributed by atoms with van der Waals surface area (Å²) in [6.45, 7) is 4.85. The zero-order valence-electron chi connectivity index (χ0n) is 16.2. The molecule has 0 heterocycles. The molecule has 0 saturated heterocycles. The number of para-hydroxylation sites is 1. The van der Waals surface area contributed by atoms with Gasteiger partial charge in [0.05, 0.1) is 6.61 Å². The molecule has 1 aromatic carbocycles. The van der Waals surface area contributed by atoms with E-state index in [-0.39, 0.29) is 0 Å². The molecule has 0 bridgehead atoms. The maximum absolute atomic E-state index is 11.8. The number of carbonyl (C=O) groups is 1. The fraction of sp³-hybridized carbons (Fsp3) is 0.682. The molecule has 0 aromatic heterocycles. The highest BCUT2D eigenvalue weighted by Crippen LogP contribution is 2.21. The second-order valence-corrected chi connectivity index (χ2v) is 6.74. The molecular formula is C22H36O3. The van der Waals surface area contributed by atoms with Gasteiger partial charge < -0.3 is 9.47 Å². The van der Waals surface area contributed by atoms with Gasteiger partial charge in [0.1, 0.15) is 5.75 Å². The van der Waals surface area contributed by atoms with Gasteiger partial charge in [-0.15, -0.1) is 0 Å². The molecule has 1 rings (SSSR count). The number of hydrogen-bond donors (Lipinski definition) is 0. The molecule has 0 aliphatic carbocycles. The van der Waals surface area contributed by atoms with Gasteiger partial charge in [0, 0.05) is 0 Å². The Labute approximate surface area is 154 Å². The zero-order valence-corrected chi connectivity index (χ0v) is 16.2. The van der Waals surface area contributed by atoms with E-state index in [0.29, 0.717) is 12.4 Å². The molecule has 0 N–H and O–H groups in total. The maximum Gasteiger partial charge on any atom is 0.513 e. The van der Waals surface area contributed by atoms with Gasteiger partial charge in [-0.05, 0) is 30.9 Å². The van der Waals surface area contributed by atoms with Crippen LogP contribution >= 0.6 is 0 Å². The second-order valence-electron chi connectivity index (χ2n) is 6.74. The third-order valence-corrected chi connectivity index (χ3v) is 4.43. The molecule has 0 amide bonds. The van der Waals surface area contributed by atoms with E-state index in [4.69, 9.17) is 9.47 Å². The SMILES string of the molecule is CCCCCCCCCc1ccccc1OC(=O)OCCCCCC. The molecule has 0 aliphatic rings. The molecule has 0 saturated carbocycles. The van der Waals surface area contributed by atoms with E-state index in [1.165, 1.54) is 51.4 Å².